The summed E-state index contributed by atoms with van der Waals surface area (Å²) in [6.07, 6.45) is 0.0539. The number of ether oxygens (including phenoxy) is 1. The Labute approximate surface area is 159 Å². The Balaban J connectivity index is 1.34. The summed E-state index contributed by atoms with van der Waals surface area (Å²) in [6, 6.07) is 14.3. The number of nitrogens with zero attached hydrogens (tertiary/aromatic N) is 2. The van der Waals surface area contributed by atoms with Crippen molar-refractivity contribution in [2.45, 2.75) is 17.9 Å². The van der Waals surface area contributed by atoms with Crippen molar-refractivity contribution in [1.29, 1.82) is 0 Å². The van der Waals surface area contributed by atoms with Gasteiger partial charge in [-0.05, 0) is 24.3 Å². The Hall–Kier alpha value is -2.78. The molecule has 0 atom stereocenters. The largest absolute Gasteiger partial charge is 0.458 e. The van der Waals surface area contributed by atoms with E-state index in [9.17, 15) is 13.2 Å². The highest BCUT2D eigenvalue weighted by Gasteiger charge is 2.29. The summed E-state index contributed by atoms with van der Waals surface area (Å²) in [7, 11) is -3.57. The molecule has 0 amide bonds. The summed E-state index contributed by atoms with van der Waals surface area (Å²) < 4.78 is 32.7. The number of benzene rings is 2. The molecular formula is C18H15N3O4S2. The van der Waals surface area contributed by atoms with Gasteiger partial charge >= 0.3 is 5.97 Å². The number of sulfonamides is 1. The lowest BCUT2D eigenvalue weighted by atomic mass is 10.2. The average Bonchev–Trinajstić information content (AvgIpc) is 3.19. The molecular weight excluding hydrogens is 386 g/mol. The molecule has 0 aliphatic carbocycles. The Morgan fingerprint density at radius 1 is 1.15 bits per heavy atom. The maximum absolute atomic E-state index is 12.0. The van der Waals surface area contributed by atoms with Crippen LogP contribution in [0.15, 0.2) is 58.4 Å². The third-order valence-corrected chi connectivity index (χ3v) is 6.35. The smallest absolute Gasteiger partial charge is 0.308 e. The zero-order chi connectivity index (χ0) is 18.9. The van der Waals surface area contributed by atoms with Gasteiger partial charge in [0.2, 0.25) is 0 Å². The van der Waals surface area contributed by atoms with E-state index >= 15 is 0 Å². The predicted molar refractivity (Wildman–Crippen MR) is 102 cm³/mol. The molecule has 0 saturated carbocycles. The Morgan fingerprint density at radius 2 is 1.93 bits per heavy atom. The third-order valence-electron chi connectivity index (χ3n) is 3.94. The van der Waals surface area contributed by atoms with E-state index in [0.29, 0.717) is 5.56 Å². The molecule has 138 valence electrons. The summed E-state index contributed by atoms with van der Waals surface area (Å²) in [4.78, 5) is 20.7. The van der Waals surface area contributed by atoms with Crippen molar-refractivity contribution >= 4 is 43.4 Å². The first-order valence-electron chi connectivity index (χ1n) is 8.20. The number of thiazole rings is 1. The monoisotopic (exact) mass is 401 g/mol. The van der Waals surface area contributed by atoms with Crippen molar-refractivity contribution < 1.29 is 17.9 Å². The third kappa shape index (κ3) is 3.69. The summed E-state index contributed by atoms with van der Waals surface area (Å²) >= 11 is 1.48. The quantitative estimate of drug-likeness (QED) is 0.663. The lowest BCUT2D eigenvalue weighted by molar-refractivity contribution is -0.144. The zero-order valence-electron chi connectivity index (χ0n) is 14.1. The standard InChI is InChI=1S/C18H15N3O4S2/c22-17(25-11-16-20-13-6-2-3-7-14(13)26-16)9-10-19-18-12-5-1-4-8-15(12)27(23,24)21-18/h1-8H,9-11H2,(H,19,21). The SMILES string of the molecule is O=C(CCN=C1NS(=O)(=O)c2ccccc21)OCc1nc2ccccc2s1. The summed E-state index contributed by atoms with van der Waals surface area (Å²) in [5.74, 6) is -0.155. The van der Waals surface area contributed by atoms with Gasteiger partial charge in [-0.1, -0.05) is 24.3 Å². The first kappa shape index (κ1) is 17.6. The van der Waals surface area contributed by atoms with Gasteiger partial charge in [-0.3, -0.25) is 14.5 Å². The Bertz CT molecular complexity index is 1120. The molecule has 0 bridgehead atoms. The second-order valence-electron chi connectivity index (χ2n) is 5.82. The highest BCUT2D eigenvalue weighted by atomic mass is 32.2. The lowest BCUT2D eigenvalue weighted by Gasteiger charge is -2.02. The number of carbonyl (C=O) groups excluding carboxylic acids is 1. The van der Waals surface area contributed by atoms with Gasteiger partial charge in [-0.2, -0.15) is 0 Å². The molecule has 0 radical (unpaired) electrons. The number of rotatable bonds is 5. The van der Waals surface area contributed by atoms with Crippen LogP contribution in [0.5, 0.6) is 0 Å². The molecule has 27 heavy (non-hydrogen) atoms. The minimum atomic E-state index is -3.57. The Kier molecular flexibility index (Phi) is 4.63. The van der Waals surface area contributed by atoms with Crippen molar-refractivity contribution in [3.05, 3.63) is 59.1 Å². The van der Waals surface area contributed by atoms with Crippen LogP contribution in [0.1, 0.15) is 17.0 Å². The van der Waals surface area contributed by atoms with Crippen LogP contribution in [0.4, 0.5) is 0 Å². The molecule has 0 fully saturated rings. The minimum Gasteiger partial charge on any atom is -0.458 e. The minimum absolute atomic E-state index is 0.0539. The zero-order valence-corrected chi connectivity index (χ0v) is 15.7. The van der Waals surface area contributed by atoms with Crippen LogP contribution in [0.2, 0.25) is 0 Å². The second kappa shape index (κ2) is 7.09. The van der Waals surface area contributed by atoms with E-state index in [1.165, 1.54) is 17.4 Å². The van der Waals surface area contributed by atoms with Crippen molar-refractivity contribution in [1.82, 2.24) is 9.71 Å². The molecule has 1 aliphatic heterocycles. The van der Waals surface area contributed by atoms with E-state index in [1.54, 1.807) is 18.2 Å². The number of esters is 1. The molecule has 7 nitrogen and oxygen atoms in total. The van der Waals surface area contributed by atoms with Crippen molar-refractivity contribution in [3.8, 4) is 0 Å². The van der Waals surface area contributed by atoms with Gasteiger partial charge in [0.15, 0.2) is 0 Å². The molecule has 2 heterocycles. The van der Waals surface area contributed by atoms with Gasteiger partial charge in [0, 0.05) is 5.56 Å². The van der Waals surface area contributed by atoms with E-state index in [-0.39, 0.29) is 30.3 Å². The van der Waals surface area contributed by atoms with E-state index in [0.717, 1.165) is 15.2 Å². The maximum atomic E-state index is 12.0. The number of aliphatic imine (C=N–C) groups is 1. The Morgan fingerprint density at radius 3 is 2.78 bits per heavy atom. The van der Waals surface area contributed by atoms with E-state index in [1.807, 2.05) is 24.3 Å². The van der Waals surface area contributed by atoms with Gasteiger partial charge in [0.25, 0.3) is 10.0 Å². The molecule has 0 unspecified atom stereocenters. The lowest BCUT2D eigenvalue weighted by Crippen LogP contribution is -2.22. The maximum Gasteiger partial charge on any atom is 0.308 e. The van der Waals surface area contributed by atoms with Crippen LogP contribution in [-0.4, -0.2) is 31.8 Å². The van der Waals surface area contributed by atoms with Crippen LogP contribution < -0.4 is 4.72 Å². The first-order valence-corrected chi connectivity index (χ1v) is 10.5. The molecule has 1 aromatic heterocycles. The molecule has 2 aromatic carbocycles. The molecule has 3 aromatic rings. The van der Waals surface area contributed by atoms with Crippen LogP contribution >= 0.6 is 11.3 Å². The van der Waals surface area contributed by atoms with Gasteiger partial charge in [-0.25, -0.2) is 13.4 Å². The number of aromatic nitrogens is 1. The van der Waals surface area contributed by atoms with Crippen molar-refractivity contribution in [2.24, 2.45) is 4.99 Å². The van der Waals surface area contributed by atoms with Crippen LogP contribution in [0.3, 0.4) is 0 Å². The number of para-hydroxylation sites is 1. The number of fused-ring (bicyclic) bond motifs is 2. The van der Waals surface area contributed by atoms with Crippen molar-refractivity contribution in [2.75, 3.05) is 6.54 Å². The fraction of sp³-hybridized carbons (Fsp3) is 0.167. The van der Waals surface area contributed by atoms with Crippen molar-refractivity contribution in [3.63, 3.8) is 0 Å². The number of hydrogen-bond donors (Lipinski definition) is 1. The fourth-order valence-corrected chi connectivity index (χ4v) is 4.84. The second-order valence-corrected chi connectivity index (χ2v) is 8.58. The number of nitrogens with one attached hydrogen (secondary N) is 1. The van der Waals surface area contributed by atoms with Gasteiger partial charge in [0.1, 0.15) is 17.5 Å². The van der Waals surface area contributed by atoms with Gasteiger partial charge in [-0.15, -0.1) is 11.3 Å². The summed E-state index contributed by atoms with van der Waals surface area (Å²) in [5.41, 5.74) is 1.40. The highest BCUT2D eigenvalue weighted by Crippen LogP contribution is 2.23. The molecule has 9 heteroatoms. The van der Waals surface area contributed by atoms with E-state index in [4.69, 9.17) is 4.74 Å². The molecule has 0 spiro atoms. The van der Waals surface area contributed by atoms with Gasteiger partial charge in [0.05, 0.1) is 28.1 Å². The highest BCUT2D eigenvalue weighted by molar-refractivity contribution is 7.90. The topological polar surface area (TPSA) is 97.7 Å². The van der Waals surface area contributed by atoms with E-state index < -0.39 is 16.0 Å². The number of carbonyl (C=O) groups is 1. The van der Waals surface area contributed by atoms with E-state index in [2.05, 4.69) is 14.7 Å². The van der Waals surface area contributed by atoms with Crippen LogP contribution in [0, 0.1) is 0 Å². The fourth-order valence-electron chi connectivity index (χ4n) is 2.71. The molecule has 0 saturated heterocycles. The predicted octanol–water partition coefficient (Wildman–Crippen LogP) is 2.47. The molecule has 1 aliphatic rings. The first-order chi connectivity index (χ1) is 13.0. The molecule has 4 rings (SSSR count). The summed E-state index contributed by atoms with van der Waals surface area (Å²) in [5, 5.41) is 0.730. The normalized spacial score (nSPS) is 16.2. The summed E-state index contributed by atoms with van der Waals surface area (Å²) in [6.45, 7) is 0.245. The number of hydrogen-bond acceptors (Lipinski definition) is 7. The number of amidine groups is 1. The molecule has 1 N–H and O–H groups in total. The van der Waals surface area contributed by atoms with Gasteiger partial charge < -0.3 is 4.74 Å². The van der Waals surface area contributed by atoms with Crippen LogP contribution in [-0.2, 0) is 26.2 Å². The average molecular weight is 401 g/mol. The van der Waals surface area contributed by atoms with Crippen LogP contribution in [0.25, 0.3) is 10.2 Å².